The van der Waals surface area contributed by atoms with Crippen LogP contribution in [0.2, 0.25) is 0 Å². The van der Waals surface area contributed by atoms with E-state index in [0.717, 1.165) is 0 Å². The predicted octanol–water partition coefficient (Wildman–Crippen LogP) is 12.9. The topological polar surface area (TPSA) is 0 Å². The number of rotatable bonds is 6. The van der Waals surface area contributed by atoms with Crippen LogP contribution in [-0.4, -0.2) is 34.0 Å². The zero-order chi connectivity index (χ0) is 25.8. The van der Waals surface area contributed by atoms with Crippen molar-refractivity contribution in [2.45, 2.75) is 227 Å². The monoisotopic (exact) mass is 618 g/mol. The van der Waals surface area contributed by atoms with E-state index < -0.39 is 0 Å². The second kappa shape index (κ2) is 18.9. The number of hydrogen-bond acceptors (Lipinski definition) is 0. The molecule has 228 valence electrons. The Balaban J connectivity index is 0.000000176. The smallest absolute Gasteiger partial charge is 0.0971 e. The minimum atomic E-state index is 0. The van der Waals surface area contributed by atoms with Gasteiger partial charge in [-0.3, -0.25) is 0 Å². The molecule has 0 amide bonds. The fourth-order valence-corrected chi connectivity index (χ4v) is 19.4. The summed E-state index contributed by atoms with van der Waals surface area (Å²) in [7, 11) is 0.770. The Bertz CT molecular complexity index is 464. The molecule has 0 bridgehead atoms. The maximum absolute atomic E-state index is 1.61. The van der Waals surface area contributed by atoms with Gasteiger partial charge in [-0.05, 0) is 111 Å². The molecule has 39 heavy (non-hydrogen) atoms. The molecule has 0 atom stereocenters. The largest absolute Gasteiger partial charge is 2.00 e. The molecule has 0 aliphatic heterocycles. The van der Waals surface area contributed by atoms with E-state index in [-0.39, 0.29) is 16.5 Å². The summed E-state index contributed by atoms with van der Waals surface area (Å²) in [6, 6.07) is 0. The SMILES string of the molecule is C1CCC(P(C2CCCCC2)C2CCCCC2)CC1.C1CCC(P(C2CCCCC2)C2CCCCC2)CC1.[Ni+2]. The van der Waals surface area contributed by atoms with Crippen LogP contribution in [0, 0.1) is 0 Å². The van der Waals surface area contributed by atoms with E-state index in [2.05, 4.69) is 0 Å². The summed E-state index contributed by atoms with van der Waals surface area (Å²) in [4.78, 5) is 0. The molecule has 0 aromatic rings. The van der Waals surface area contributed by atoms with Crippen LogP contribution < -0.4 is 0 Å². The summed E-state index contributed by atoms with van der Waals surface area (Å²) in [6.45, 7) is 0. The molecular weight excluding hydrogens is 553 g/mol. The van der Waals surface area contributed by atoms with Gasteiger partial charge in [-0.15, -0.1) is 0 Å². The second-order valence-electron chi connectivity index (χ2n) is 14.6. The number of hydrogen-bond donors (Lipinski definition) is 0. The molecule has 0 saturated heterocycles. The van der Waals surface area contributed by atoms with E-state index in [1.165, 1.54) is 72.5 Å². The Kier molecular flexibility index (Phi) is 16.1. The van der Waals surface area contributed by atoms with E-state index >= 15 is 0 Å². The minimum absolute atomic E-state index is 0. The van der Waals surface area contributed by atoms with Gasteiger partial charge in [0.15, 0.2) is 0 Å². The van der Waals surface area contributed by atoms with Crippen LogP contribution in [0.5, 0.6) is 0 Å². The Labute approximate surface area is 258 Å². The molecule has 0 radical (unpaired) electrons. The minimum Gasteiger partial charge on any atom is -0.0971 e. The van der Waals surface area contributed by atoms with Crippen LogP contribution in [0.3, 0.4) is 0 Å². The standard InChI is InChI=1S/2C18H33P.Ni/c2*1-4-10-16(11-5-1)19(17-12-6-2-7-13-17)18-14-8-3-9-15-18;/h2*16-18H,1-15H2;/q;;+2. The van der Waals surface area contributed by atoms with E-state index in [4.69, 9.17) is 0 Å². The quantitative estimate of drug-likeness (QED) is 0.205. The average Bonchev–Trinajstić information content (AvgIpc) is 3.01. The van der Waals surface area contributed by atoms with Crippen LogP contribution in [0.4, 0.5) is 0 Å². The molecule has 6 saturated carbocycles. The Morgan fingerprint density at radius 3 is 0.462 bits per heavy atom. The van der Waals surface area contributed by atoms with Crippen LogP contribution in [0.25, 0.3) is 0 Å². The summed E-state index contributed by atoms with van der Waals surface area (Å²) in [5, 5.41) is 0. The van der Waals surface area contributed by atoms with Gasteiger partial charge in [0.25, 0.3) is 0 Å². The fourth-order valence-electron chi connectivity index (χ4n) is 10.1. The molecule has 0 aromatic heterocycles. The summed E-state index contributed by atoms with van der Waals surface area (Å²) in [6.07, 6.45) is 47.2. The zero-order valence-electron chi connectivity index (χ0n) is 25.9. The molecule has 6 aliphatic rings. The average molecular weight is 620 g/mol. The van der Waals surface area contributed by atoms with Gasteiger partial charge in [-0.1, -0.05) is 131 Å². The molecule has 0 unspecified atom stereocenters. The normalized spacial score (nSPS) is 28.2. The summed E-state index contributed by atoms with van der Waals surface area (Å²) < 4.78 is 0. The van der Waals surface area contributed by atoms with Gasteiger partial charge < -0.3 is 0 Å². The molecule has 3 heteroatoms. The van der Waals surface area contributed by atoms with Crippen molar-refractivity contribution in [3.63, 3.8) is 0 Å². The first kappa shape index (κ1) is 33.3. The molecule has 6 rings (SSSR count). The van der Waals surface area contributed by atoms with Crippen molar-refractivity contribution in [3.8, 4) is 0 Å². The van der Waals surface area contributed by atoms with Crippen LogP contribution in [0.15, 0.2) is 0 Å². The van der Waals surface area contributed by atoms with Gasteiger partial charge in [0, 0.05) is 0 Å². The van der Waals surface area contributed by atoms with E-state index in [9.17, 15) is 0 Å². The summed E-state index contributed by atoms with van der Waals surface area (Å²) in [5.41, 5.74) is 7.14. The van der Waals surface area contributed by atoms with Crippen molar-refractivity contribution in [1.82, 2.24) is 0 Å². The summed E-state index contributed by atoms with van der Waals surface area (Å²) >= 11 is 0. The molecule has 0 nitrogen and oxygen atoms in total. The third-order valence-corrected chi connectivity index (χ3v) is 20.1. The third kappa shape index (κ3) is 10.2. The van der Waals surface area contributed by atoms with E-state index in [0.29, 0.717) is 15.8 Å². The van der Waals surface area contributed by atoms with Crippen LogP contribution in [-0.2, 0) is 16.5 Å². The molecule has 0 spiro atoms. The molecule has 0 aromatic carbocycles. The maximum atomic E-state index is 1.61. The predicted molar refractivity (Wildman–Crippen MR) is 175 cm³/mol. The Morgan fingerprint density at radius 1 is 0.205 bits per heavy atom. The van der Waals surface area contributed by atoms with Crippen molar-refractivity contribution in [2.75, 3.05) is 0 Å². The van der Waals surface area contributed by atoms with Crippen molar-refractivity contribution in [1.29, 1.82) is 0 Å². The molecule has 0 heterocycles. The van der Waals surface area contributed by atoms with Crippen LogP contribution >= 0.6 is 15.8 Å². The van der Waals surface area contributed by atoms with Gasteiger partial charge >= 0.3 is 16.5 Å². The van der Waals surface area contributed by atoms with Crippen molar-refractivity contribution in [2.24, 2.45) is 0 Å². The second-order valence-corrected chi connectivity index (χ2v) is 20.8. The van der Waals surface area contributed by atoms with Gasteiger partial charge in [0.05, 0.1) is 0 Å². The molecule has 0 N–H and O–H groups in total. The van der Waals surface area contributed by atoms with Gasteiger partial charge in [0.2, 0.25) is 0 Å². The third-order valence-electron chi connectivity index (χ3n) is 12.0. The first-order valence-corrected chi connectivity index (χ1v) is 21.5. The van der Waals surface area contributed by atoms with Crippen molar-refractivity contribution < 1.29 is 16.5 Å². The Morgan fingerprint density at radius 2 is 0.333 bits per heavy atom. The first-order chi connectivity index (χ1) is 18.9. The molecule has 6 fully saturated rings. The van der Waals surface area contributed by atoms with E-state index in [1.54, 1.807) is 154 Å². The van der Waals surface area contributed by atoms with Crippen molar-refractivity contribution in [3.05, 3.63) is 0 Å². The first-order valence-electron chi connectivity index (χ1n) is 18.4. The van der Waals surface area contributed by atoms with E-state index in [1.807, 2.05) is 0 Å². The zero-order valence-corrected chi connectivity index (χ0v) is 28.7. The van der Waals surface area contributed by atoms with Crippen LogP contribution in [0.1, 0.15) is 193 Å². The van der Waals surface area contributed by atoms with Gasteiger partial charge in [-0.25, -0.2) is 0 Å². The Hall–Kier alpha value is 1.35. The summed E-state index contributed by atoms with van der Waals surface area (Å²) in [5.74, 6) is 0. The maximum Gasteiger partial charge on any atom is 2.00 e. The molecular formula is C36H66NiP2+2. The van der Waals surface area contributed by atoms with Gasteiger partial charge in [-0.2, -0.15) is 0 Å². The fraction of sp³-hybridized carbons (Fsp3) is 1.00. The molecule has 6 aliphatic carbocycles. The van der Waals surface area contributed by atoms with Crippen molar-refractivity contribution >= 4 is 15.8 Å². The van der Waals surface area contributed by atoms with Gasteiger partial charge in [0.1, 0.15) is 0 Å².